The van der Waals surface area contributed by atoms with Gasteiger partial charge < -0.3 is 11.1 Å². The van der Waals surface area contributed by atoms with Crippen LogP contribution in [0.2, 0.25) is 0 Å². The molecule has 1 aliphatic rings. The Balaban J connectivity index is 2.07. The maximum Gasteiger partial charge on any atom is 0.228 e. The number of amides is 1. The summed E-state index contributed by atoms with van der Waals surface area (Å²) >= 11 is 0. The van der Waals surface area contributed by atoms with Crippen LogP contribution in [0.1, 0.15) is 40.0 Å². The monoisotopic (exact) mass is 292 g/mol. The van der Waals surface area contributed by atoms with Gasteiger partial charge in [-0.25, -0.2) is 4.68 Å². The first kappa shape index (κ1) is 16.0. The summed E-state index contributed by atoms with van der Waals surface area (Å²) in [6.07, 6.45) is 5.07. The van der Waals surface area contributed by atoms with E-state index >= 15 is 0 Å². The van der Waals surface area contributed by atoms with Crippen LogP contribution in [0.5, 0.6) is 0 Å². The van der Waals surface area contributed by atoms with Crippen molar-refractivity contribution in [2.45, 2.75) is 46.6 Å². The molecule has 5 nitrogen and oxygen atoms in total. The van der Waals surface area contributed by atoms with Gasteiger partial charge in [-0.2, -0.15) is 5.10 Å². The number of carbonyl (C=O) groups is 1. The van der Waals surface area contributed by atoms with Crippen LogP contribution < -0.4 is 11.1 Å². The van der Waals surface area contributed by atoms with Gasteiger partial charge in [-0.3, -0.25) is 4.79 Å². The lowest BCUT2D eigenvalue weighted by molar-refractivity contribution is -0.124. The van der Waals surface area contributed by atoms with Crippen molar-refractivity contribution < 1.29 is 4.79 Å². The molecule has 1 aromatic rings. The Morgan fingerprint density at radius 3 is 2.95 bits per heavy atom. The summed E-state index contributed by atoms with van der Waals surface area (Å²) in [5, 5.41) is 7.25. The molecule has 1 saturated carbocycles. The van der Waals surface area contributed by atoms with E-state index in [0.29, 0.717) is 30.8 Å². The Labute approximate surface area is 127 Å². The zero-order valence-electron chi connectivity index (χ0n) is 13.4. The van der Waals surface area contributed by atoms with E-state index in [2.05, 4.69) is 31.2 Å². The van der Waals surface area contributed by atoms with Crippen molar-refractivity contribution in [3.8, 4) is 0 Å². The lowest BCUT2D eigenvalue weighted by Gasteiger charge is -2.36. The highest BCUT2D eigenvalue weighted by molar-refractivity contribution is 5.92. The lowest BCUT2D eigenvalue weighted by atomic mass is 9.70. The minimum atomic E-state index is 0.106. The van der Waals surface area contributed by atoms with Crippen LogP contribution in [-0.2, 0) is 11.3 Å². The van der Waals surface area contributed by atoms with E-state index in [4.69, 9.17) is 5.73 Å². The normalized spacial score (nSPS) is 26.0. The van der Waals surface area contributed by atoms with Crippen molar-refractivity contribution in [1.29, 1.82) is 0 Å². The highest BCUT2D eigenvalue weighted by Gasteiger charge is 2.35. The topological polar surface area (TPSA) is 72.9 Å². The van der Waals surface area contributed by atoms with Crippen LogP contribution in [0.3, 0.4) is 0 Å². The Hall–Kier alpha value is -1.36. The molecule has 2 rings (SSSR count). The Morgan fingerprint density at radius 1 is 1.52 bits per heavy atom. The van der Waals surface area contributed by atoms with Crippen molar-refractivity contribution in [2.75, 3.05) is 11.9 Å². The van der Waals surface area contributed by atoms with Gasteiger partial charge in [-0.1, -0.05) is 27.2 Å². The molecule has 0 saturated heterocycles. The summed E-state index contributed by atoms with van der Waals surface area (Å²) < 4.78 is 1.76. The number of hydrogen-bond acceptors (Lipinski definition) is 3. The van der Waals surface area contributed by atoms with Gasteiger partial charge in [0.05, 0.1) is 12.7 Å². The van der Waals surface area contributed by atoms with Crippen molar-refractivity contribution in [3.63, 3.8) is 0 Å². The number of carbonyl (C=O) groups excluding carboxylic acids is 1. The molecule has 0 bridgehead atoms. The summed E-state index contributed by atoms with van der Waals surface area (Å²) in [5.74, 6) is 2.65. The van der Waals surface area contributed by atoms with Gasteiger partial charge in [0.1, 0.15) is 5.82 Å². The molecule has 1 aromatic heterocycles. The Kier molecular flexibility index (Phi) is 5.39. The van der Waals surface area contributed by atoms with E-state index < -0.39 is 0 Å². The molecule has 5 heteroatoms. The predicted octanol–water partition coefficient (Wildman–Crippen LogP) is 2.49. The Bertz CT molecular complexity index is 469. The molecular weight excluding hydrogens is 264 g/mol. The standard InChI is InChI=1S/C16H28N4O/c1-11(2)13-5-4-12(3)10-14(13)16(21)19-15-6-8-18-20(15)9-7-17/h6,8,11-14H,4-5,7,9-10,17H2,1-3H3,(H,19,21)/t12-,13+,14-/m1/s1. The third kappa shape index (κ3) is 3.84. The van der Waals surface area contributed by atoms with E-state index in [0.717, 1.165) is 18.7 Å². The maximum absolute atomic E-state index is 12.7. The average Bonchev–Trinajstić information content (AvgIpc) is 2.86. The van der Waals surface area contributed by atoms with Gasteiger partial charge >= 0.3 is 0 Å². The van der Waals surface area contributed by atoms with E-state index in [1.54, 1.807) is 10.9 Å². The largest absolute Gasteiger partial charge is 0.329 e. The van der Waals surface area contributed by atoms with E-state index in [1.807, 2.05) is 6.07 Å². The summed E-state index contributed by atoms with van der Waals surface area (Å²) in [6, 6.07) is 1.84. The van der Waals surface area contributed by atoms with Gasteiger partial charge in [0.2, 0.25) is 5.91 Å². The first-order chi connectivity index (χ1) is 10.0. The van der Waals surface area contributed by atoms with Crippen LogP contribution in [0.25, 0.3) is 0 Å². The third-order valence-electron chi connectivity index (χ3n) is 4.67. The number of nitrogens with one attached hydrogen (secondary N) is 1. The number of nitrogens with zero attached hydrogens (tertiary/aromatic N) is 2. The molecule has 0 spiro atoms. The molecule has 21 heavy (non-hydrogen) atoms. The summed E-state index contributed by atoms with van der Waals surface area (Å²) in [4.78, 5) is 12.7. The molecule has 1 heterocycles. The quantitative estimate of drug-likeness (QED) is 0.875. The smallest absolute Gasteiger partial charge is 0.228 e. The van der Waals surface area contributed by atoms with Gasteiger partial charge in [0.25, 0.3) is 0 Å². The number of anilines is 1. The zero-order chi connectivity index (χ0) is 15.4. The van der Waals surface area contributed by atoms with Crippen LogP contribution >= 0.6 is 0 Å². The third-order valence-corrected chi connectivity index (χ3v) is 4.67. The molecule has 0 radical (unpaired) electrons. The highest BCUT2D eigenvalue weighted by Crippen LogP contribution is 2.38. The van der Waals surface area contributed by atoms with Crippen molar-refractivity contribution in [3.05, 3.63) is 12.3 Å². The molecule has 0 aliphatic heterocycles. The number of nitrogens with two attached hydrogens (primary N) is 1. The molecule has 1 amide bonds. The Morgan fingerprint density at radius 2 is 2.29 bits per heavy atom. The number of rotatable bonds is 5. The average molecular weight is 292 g/mol. The van der Waals surface area contributed by atoms with E-state index in [-0.39, 0.29) is 11.8 Å². The van der Waals surface area contributed by atoms with Crippen molar-refractivity contribution in [1.82, 2.24) is 9.78 Å². The molecule has 1 aliphatic carbocycles. The number of hydrogen-bond donors (Lipinski definition) is 2. The maximum atomic E-state index is 12.7. The van der Waals surface area contributed by atoms with Gasteiger partial charge in [-0.05, 0) is 30.6 Å². The van der Waals surface area contributed by atoms with Gasteiger partial charge in [0, 0.05) is 18.5 Å². The van der Waals surface area contributed by atoms with Crippen molar-refractivity contribution in [2.24, 2.45) is 29.4 Å². The minimum absolute atomic E-state index is 0.106. The SMILES string of the molecule is CC(C)[C@@H]1CC[C@@H](C)C[C@H]1C(=O)Nc1ccnn1CCN. The molecule has 1 fully saturated rings. The second kappa shape index (κ2) is 7.07. The van der Waals surface area contributed by atoms with E-state index in [9.17, 15) is 4.79 Å². The fourth-order valence-corrected chi connectivity index (χ4v) is 3.46. The van der Waals surface area contributed by atoms with Crippen LogP contribution in [0, 0.1) is 23.7 Å². The second-order valence-corrected chi connectivity index (χ2v) is 6.65. The summed E-state index contributed by atoms with van der Waals surface area (Å²) in [7, 11) is 0. The van der Waals surface area contributed by atoms with Crippen LogP contribution in [0.4, 0.5) is 5.82 Å². The summed E-state index contributed by atoms with van der Waals surface area (Å²) in [6.45, 7) is 7.83. The molecular formula is C16H28N4O. The second-order valence-electron chi connectivity index (χ2n) is 6.65. The van der Waals surface area contributed by atoms with E-state index in [1.165, 1.54) is 6.42 Å². The molecule has 3 N–H and O–H groups in total. The molecule has 3 atom stereocenters. The zero-order valence-corrected chi connectivity index (χ0v) is 13.4. The molecule has 0 aromatic carbocycles. The van der Waals surface area contributed by atoms with Gasteiger partial charge in [-0.15, -0.1) is 0 Å². The number of aromatic nitrogens is 2. The minimum Gasteiger partial charge on any atom is -0.329 e. The first-order valence-corrected chi connectivity index (χ1v) is 8.05. The van der Waals surface area contributed by atoms with Gasteiger partial charge in [0.15, 0.2) is 0 Å². The molecule has 0 unspecified atom stereocenters. The highest BCUT2D eigenvalue weighted by atomic mass is 16.2. The predicted molar refractivity (Wildman–Crippen MR) is 84.7 cm³/mol. The molecule has 118 valence electrons. The van der Waals surface area contributed by atoms with Crippen molar-refractivity contribution >= 4 is 11.7 Å². The fraction of sp³-hybridized carbons (Fsp3) is 0.750. The fourth-order valence-electron chi connectivity index (χ4n) is 3.46. The van der Waals surface area contributed by atoms with Crippen LogP contribution in [0.15, 0.2) is 12.3 Å². The summed E-state index contributed by atoms with van der Waals surface area (Å²) in [5.41, 5.74) is 5.57. The first-order valence-electron chi connectivity index (χ1n) is 8.05. The lowest BCUT2D eigenvalue weighted by Crippen LogP contribution is -2.37. The van der Waals surface area contributed by atoms with Crippen LogP contribution in [-0.4, -0.2) is 22.2 Å².